The van der Waals surface area contributed by atoms with E-state index in [-0.39, 0.29) is 11.8 Å². The molecular formula is C21H24BrClN2O2S. The molecular weight excluding hydrogens is 460 g/mol. The van der Waals surface area contributed by atoms with Crippen molar-refractivity contribution < 1.29 is 9.59 Å². The molecule has 1 atom stereocenters. The van der Waals surface area contributed by atoms with E-state index in [2.05, 4.69) is 21.2 Å². The number of rotatable bonds is 9. The molecule has 150 valence electrons. The fraction of sp³-hybridized carbons (Fsp3) is 0.333. The van der Waals surface area contributed by atoms with Gasteiger partial charge in [-0.3, -0.25) is 9.59 Å². The molecule has 0 radical (unpaired) electrons. The van der Waals surface area contributed by atoms with E-state index in [1.165, 1.54) is 11.8 Å². The number of likely N-dealkylation sites (N-methyl/N-ethyl adjacent to an activating group) is 1. The molecule has 0 saturated heterocycles. The number of benzene rings is 2. The first-order valence-electron chi connectivity index (χ1n) is 9.04. The van der Waals surface area contributed by atoms with Gasteiger partial charge in [-0.25, -0.2) is 0 Å². The van der Waals surface area contributed by atoms with Gasteiger partial charge in [0.15, 0.2) is 0 Å². The van der Waals surface area contributed by atoms with Crippen LogP contribution in [0.15, 0.2) is 53.0 Å². The zero-order valence-corrected chi connectivity index (χ0v) is 19.1. The lowest BCUT2D eigenvalue weighted by Gasteiger charge is -2.28. The maximum absolute atomic E-state index is 12.9. The van der Waals surface area contributed by atoms with E-state index >= 15 is 0 Å². The van der Waals surface area contributed by atoms with Gasteiger partial charge in [0.1, 0.15) is 6.04 Å². The monoisotopic (exact) mass is 482 g/mol. The van der Waals surface area contributed by atoms with Crippen molar-refractivity contribution in [2.75, 3.05) is 12.3 Å². The zero-order valence-electron chi connectivity index (χ0n) is 16.0. The molecule has 0 aliphatic rings. The lowest BCUT2D eigenvalue weighted by Crippen LogP contribution is -2.48. The molecule has 2 aromatic carbocycles. The summed E-state index contributed by atoms with van der Waals surface area (Å²) in [6.07, 6.45) is 0. The van der Waals surface area contributed by atoms with Gasteiger partial charge in [-0.15, -0.1) is 11.8 Å². The molecule has 7 heteroatoms. The molecule has 0 aliphatic carbocycles. The SMILES string of the molecule is CCNC(=O)[C@H](C)N(Cc1cccc(Br)c1)C(=O)CSCc1cccc(Cl)c1. The number of halogens is 2. The normalized spacial score (nSPS) is 11.7. The fourth-order valence-electron chi connectivity index (χ4n) is 2.70. The molecule has 4 nitrogen and oxygen atoms in total. The Morgan fingerprint density at radius 1 is 1.18 bits per heavy atom. The molecule has 0 saturated carbocycles. The van der Waals surface area contributed by atoms with E-state index in [1.54, 1.807) is 11.8 Å². The molecule has 1 N–H and O–H groups in total. The smallest absolute Gasteiger partial charge is 0.242 e. The number of carbonyl (C=O) groups excluding carboxylic acids is 2. The Balaban J connectivity index is 2.05. The van der Waals surface area contributed by atoms with Crippen molar-refractivity contribution >= 4 is 51.1 Å². The van der Waals surface area contributed by atoms with Gasteiger partial charge < -0.3 is 10.2 Å². The Morgan fingerprint density at radius 2 is 1.89 bits per heavy atom. The lowest BCUT2D eigenvalue weighted by molar-refractivity contribution is -0.138. The minimum atomic E-state index is -0.543. The summed E-state index contributed by atoms with van der Waals surface area (Å²) in [6, 6.07) is 14.8. The van der Waals surface area contributed by atoms with Crippen molar-refractivity contribution in [3.05, 3.63) is 69.2 Å². The summed E-state index contributed by atoms with van der Waals surface area (Å²) in [5, 5.41) is 3.49. The van der Waals surface area contributed by atoms with Crippen LogP contribution in [0, 0.1) is 0 Å². The number of hydrogen-bond acceptors (Lipinski definition) is 3. The van der Waals surface area contributed by atoms with Crippen molar-refractivity contribution in [2.24, 2.45) is 0 Å². The summed E-state index contributed by atoms with van der Waals surface area (Å²) >= 11 is 11.0. The molecule has 0 aliphatic heterocycles. The van der Waals surface area contributed by atoms with E-state index in [9.17, 15) is 9.59 Å². The molecule has 2 amide bonds. The third-order valence-corrected chi connectivity index (χ3v) is 5.86. The molecule has 2 rings (SSSR count). The Kier molecular flexibility index (Phi) is 9.35. The highest BCUT2D eigenvalue weighted by atomic mass is 79.9. The van der Waals surface area contributed by atoms with Crippen molar-refractivity contribution in [1.29, 1.82) is 0 Å². The number of nitrogens with one attached hydrogen (secondary N) is 1. The number of carbonyl (C=O) groups is 2. The topological polar surface area (TPSA) is 49.4 Å². The average molecular weight is 484 g/mol. The van der Waals surface area contributed by atoms with Crippen LogP contribution in [0.1, 0.15) is 25.0 Å². The Labute approximate surface area is 184 Å². The highest BCUT2D eigenvalue weighted by Crippen LogP contribution is 2.19. The van der Waals surface area contributed by atoms with E-state index < -0.39 is 6.04 Å². The van der Waals surface area contributed by atoms with Crippen LogP contribution in [0.5, 0.6) is 0 Å². The molecule has 0 spiro atoms. The quantitative estimate of drug-likeness (QED) is 0.552. The Hall–Kier alpha value is -1.50. The highest BCUT2D eigenvalue weighted by molar-refractivity contribution is 9.10. The fourth-order valence-corrected chi connectivity index (χ4v) is 4.22. The maximum Gasteiger partial charge on any atom is 0.242 e. The largest absolute Gasteiger partial charge is 0.355 e. The van der Waals surface area contributed by atoms with Crippen molar-refractivity contribution in [2.45, 2.75) is 32.2 Å². The van der Waals surface area contributed by atoms with Crippen molar-refractivity contribution in [3.8, 4) is 0 Å². The standard InChI is InChI=1S/C21H24BrClN2O2S/c1-3-24-21(27)15(2)25(12-16-6-4-8-18(22)10-16)20(26)14-28-13-17-7-5-9-19(23)11-17/h4-11,15H,3,12-14H2,1-2H3,(H,24,27)/t15-/m0/s1. The van der Waals surface area contributed by atoms with Crippen molar-refractivity contribution in [3.63, 3.8) is 0 Å². The third kappa shape index (κ3) is 7.15. The minimum absolute atomic E-state index is 0.0641. The predicted octanol–water partition coefficient (Wildman–Crippen LogP) is 4.89. The molecule has 2 aromatic rings. The molecule has 0 unspecified atom stereocenters. The summed E-state index contributed by atoms with van der Waals surface area (Å²) in [5.41, 5.74) is 2.04. The summed E-state index contributed by atoms with van der Waals surface area (Å²) in [7, 11) is 0. The van der Waals surface area contributed by atoms with Crippen molar-refractivity contribution in [1.82, 2.24) is 10.2 Å². The predicted molar refractivity (Wildman–Crippen MR) is 120 cm³/mol. The molecule has 28 heavy (non-hydrogen) atoms. The van der Waals surface area contributed by atoms with Gasteiger partial charge in [-0.05, 0) is 49.2 Å². The Bertz CT molecular complexity index is 818. The zero-order chi connectivity index (χ0) is 20.5. The van der Waals surface area contributed by atoms with Crippen LogP contribution in [0.2, 0.25) is 5.02 Å². The van der Waals surface area contributed by atoms with E-state index in [4.69, 9.17) is 11.6 Å². The first-order chi connectivity index (χ1) is 13.4. The van der Waals surface area contributed by atoms with E-state index in [1.807, 2.05) is 55.5 Å². The number of nitrogens with zero attached hydrogens (tertiary/aromatic N) is 1. The average Bonchev–Trinajstić information content (AvgIpc) is 2.66. The van der Waals surface area contributed by atoms with Crippen LogP contribution >= 0.6 is 39.3 Å². The highest BCUT2D eigenvalue weighted by Gasteiger charge is 2.25. The first kappa shape index (κ1) is 22.8. The minimum Gasteiger partial charge on any atom is -0.355 e. The first-order valence-corrected chi connectivity index (χ1v) is 11.4. The van der Waals surface area contributed by atoms with Crippen LogP contribution in [-0.4, -0.2) is 35.1 Å². The van der Waals surface area contributed by atoms with Crippen LogP contribution in [0.4, 0.5) is 0 Å². The van der Waals surface area contributed by atoms with Crippen LogP contribution in [-0.2, 0) is 21.9 Å². The summed E-state index contributed by atoms with van der Waals surface area (Å²) in [5.74, 6) is 0.771. The third-order valence-electron chi connectivity index (χ3n) is 4.14. The van der Waals surface area contributed by atoms with Crippen LogP contribution in [0.3, 0.4) is 0 Å². The van der Waals surface area contributed by atoms with E-state index in [0.29, 0.717) is 29.6 Å². The van der Waals surface area contributed by atoms with Crippen LogP contribution < -0.4 is 5.32 Å². The second kappa shape index (κ2) is 11.5. The number of thioether (sulfide) groups is 1. The van der Waals surface area contributed by atoms with Crippen LogP contribution in [0.25, 0.3) is 0 Å². The second-order valence-corrected chi connectivity index (χ2v) is 8.68. The summed E-state index contributed by atoms with van der Waals surface area (Å²) < 4.78 is 0.943. The molecule has 0 fully saturated rings. The van der Waals surface area contributed by atoms with Gasteiger partial charge >= 0.3 is 0 Å². The molecule has 0 aromatic heterocycles. The number of hydrogen-bond donors (Lipinski definition) is 1. The lowest BCUT2D eigenvalue weighted by atomic mass is 10.1. The second-order valence-electron chi connectivity index (χ2n) is 6.34. The summed E-state index contributed by atoms with van der Waals surface area (Å²) in [4.78, 5) is 26.9. The van der Waals surface area contributed by atoms with E-state index in [0.717, 1.165) is 15.6 Å². The van der Waals surface area contributed by atoms with Gasteiger partial charge in [0.25, 0.3) is 0 Å². The van der Waals surface area contributed by atoms with Gasteiger partial charge in [0.05, 0.1) is 5.75 Å². The van der Waals surface area contributed by atoms with Gasteiger partial charge in [0, 0.05) is 28.3 Å². The maximum atomic E-state index is 12.9. The van der Waals surface area contributed by atoms with Gasteiger partial charge in [0.2, 0.25) is 11.8 Å². The Morgan fingerprint density at radius 3 is 2.57 bits per heavy atom. The van der Waals surface area contributed by atoms with Gasteiger partial charge in [-0.1, -0.05) is 51.8 Å². The molecule has 0 heterocycles. The van der Waals surface area contributed by atoms with Gasteiger partial charge in [-0.2, -0.15) is 0 Å². The summed E-state index contributed by atoms with van der Waals surface area (Å²) in [6.45, 7) is 4.55. The number of amides is 2. The molecule has 0 bridgehead atoms.